The number of aliphatic hydroxyl groups is 1. The molecule has 3 N–H and O–H groups in total. The smallest absolute Gasteiger partial charge is 0.104 e. The Labute approximate surface area is 63.6 Å². The van der Waals surface area contributed by atoms with E-state index < -0.39 is 5.60 Å². The molecule has 1 aliphatic carbocycles. The van der Waals surface area contributed by atoms with Gasteiger partial charge in [-0.05, 0) is 12.8 Å². The van der Waals surface area contributed by atoms with Gasteiger partial charge in [-0.15, -0.1) is 0 Å². The average molecular weight is 158 g/mol. The zero-order valence-corrected chi connectivity index (χ0v) is 5.93. The van der Waals surface area contributed by atoms with E-state index in [1.807, 2.05) is 0 Å². The molecule has 0 radical (unpaired) electrons. The second-order valence-corrected chi connectivity index (χ2v) is 2.74. The van der Waals surface area contributed by atoms with Gasteiger partial charge in [0, 0.05) is 6.42 Å². The normalized spacial score (nSPS) is 22.5. The molecule has 1 saturated carbocycles. The van der Waals surface area contributed by atoms with E-state index in [0.717, 1.165) is 6.21 Å². The van der Waals surface area contributed by atoms with E-state index in [1.54, 1.807) is 0 Å². The minimum Gasteiger partial charge on any atom is -0.411 e. The molecule has 62 valence electrons. The summed E-state index contributed by atoms with van der Waals surface area (Å²) < 4.78 is 0. The quantitative estimate of drug-likeness (QED) is 0.311. The molecule has 0 aromatic carbocycles. The Morgan fingerprint density at radius 3 is 2.45 bits per heavy atom. The molecule has 0 saturated heterocycles. The summed E-state index contributed by atoms with van der Waals surface area (Å²) in [6.45, 7) is 0. The maximum atomic E-state index is 9.32. The molecule has 11 heavy (non-hydrogen) atoms. The molecule has 0 aromatic rings. The molecule has 0 aromatic heterocycles. The lowest BCUT2D eigenvalue weighted by atomic mass is 10.1. The summed E-state index contributed by atoms with van der Waals surface area (Å²) in [6.07, 6.45) is 2.68. The van der Waals surface area contributed by atoms with Gasteiger partial charge < -0.3 is 15.5 Å². The Bertz CT molecular complexity index is 196. The lowest BCUT2D eigenvalue weighted by Gasteiger charge is -2.03. The van der Waals surface area contributed by atoms with Crippen LogP contribution in [0.1, 0.15) is 19.3 Å². The van der Waals surface area contributed by atoms with E-state index in [0.29, 0.717) is 12.8 Å². The summed E-state index contributed by atoms with van der Waals surface area (Å²) in [5.74, 6) is 0. The first-order valence-corrected chi connectivity index (χ1v) is 3.31. The maximum Gasteiger partial charge on any atom is 0.104 e. The molecule has 1 rings (SSSR count). The van der Waals surface area contributed by atoms with Gasteiger partial charge in [0.2, 0.25) is 0 Å². The molecule has 1 aliphatic rings. The zero-order chi connectivity index (χ0) is 8.32. The van der Waals surface area contributed by atoms with Gasteiger partial charge in [-0.1, -0.05) is 10.3 Å². The number of hydrogen-bond acceptors (Lipinski definition) is 5. The third-order valence-corrected chi connectivity index (χ3v) is 1.67. The lowest BCUT2D eigenvalue weighted by Crippen LogP contribution is -2.15. The van der Waals surface area contributed by atoms with Crippen molar-refractivity contribution in [3.05, 3.63) is 0 Å². The topological polar surface area (TPSA) is 85.4 Å². The van der Waals surface area contributed by atoms with Crippen LogP contribution < -0.4 is 0 Å². The highest BCUT2D eigenvalue weighted by atomic mass is 16.4. The Kier molecular flexibility index (Phi) is 2.09. The van der Waals surface area contributed by atoms with Crippen LogP contribution in [0.3, 0.4) is 0 Å². The lowest BCUT2D eigenvalue weighted by molar-refractivity contribution is 0.158. The highest BCUT2D eigenvalue weighted by molar-refractivity contribution is 6.30. The van der Waals surface area contributed by atoms with Gasteiger partial charge in [0.25, 0.3) is 0 Å². The predicted molar refractivity (Wildman–Crippen MR) is 38.3 cm³/mol. The largest absolute Gasteiger partial charge is 0.411 e. The van der Waals surface area contributed by atoms with Gasteiger partial charge in [0.15, 0.2) is 0 Å². The van der Waals surface area contributed by atoms with Crippen LogP contribution in [-0.2, 0) is 0 Å². The van der Waals surface area contributed by atoms with Gasteiger partial charge in [-0.3, -0.25) is 0 Å². The van der Waals surface area contributed by atoms with Gasteiger partial charge in [-0.25, -0.2) is 0 Å². The van der Waals surface area contributed by atoms with Crippen molar-refractivity contribution >= 4 is 11.9 Å². The molecule has 1 fully saturated rings. The minimum atomic E-state index is -0.719. The van der Waals surface area contributed by atoms with Crippen LogP contribution in [0, 0.1) is 0 Å². The Morgan fingerprint density at radius 2 is 2.09 bits per heavy atom. The fraction of sp³-hybridized carbons (Fsp3) is 0.667. The first-order valence-electron chi connectivity index (χ1n) is 3.31. The van der Waals surface area contributed by atoms with Crippen LogP contribution in [0.2, 0.25) is 0 Å². The van der Waals surface area contributed by atoms with Gasteiger partial charge in [0.05, 0.1) is 11.8 Å². The maximum absolute atomic E-state index is 9.32. The first kappa shape index (κ1) is 8.00. The van der Waals surface area contributed by atoms with Crippen molar-refractivity contribution < 1.29 is 15.5 Å². The molecule has 0 aliphatic heterocycles. The van der Waals surface area contributed by atoms with E-state index in [4.69, 9.17) is 10.4 Å². The second kappa shape index (κ2) is 2.87. The molecular weight excluding hydrogens is 148 g/mol. The van der Waals surface area contributed by atoms with Crippen LogP contribution in [-0.4, -0.2) is 33.0 Å². The van der Waals surface area contributed by atoms with E-state index in [2.05, 4.69) is 10.3 Å². The number of nitrogens with zero attached hydrogens (tertiary/aromatic N) is 2. The van der Waals surface area contributed by atoms with Crippen LogP contribution in [0.25, 0.3) is 0 Å². The van der Waals surface area contributed by atoms with Gasteiger partial charge in [0.1, 0.15) is 5.71 Å². The number of rotatable bonds is 3. The summed E-state index contributed by atoms with van der Waals surface area (Å²) in [7, 11) is 0. The molecule has 0 amide bonds. The van der Waals surface area contributed by atoms with E-state index in [1.165, 1.54) is 0 Å². The monoisotopic (exact) mass is 158 g/mol. The Balaban J connectivity index is 2.45. The number of oxime groups is 2. The number of hydrogen-bond donors (Lipinski definition) is 3. The van der Waals surface area contributed by atoms with Gasteiger partial charge >= 0.3 is 0 Å². The summed E-state index contributed by atoms with van der Waals surface area (Å²) in [6, 6.07) is 0. The third kappa shape index (κ3) is 2.19. The molecule has 5 nitrogen and oxygen atoms in total. The molecule has 0 unspecified atom stereocenters. The SMILES string of the molecule is ON=CC(CC1(O)CC1)=NO. The van der Waals surface area contributed by atoms with Crippen molar-refractivity contribution in [3.63, 3.8) is 0 Å². The Hall–Kier alpha value is -1.10. The summed E-state index contributed by atoms with van der Waals surface area (Å²) >= 11 is 0. The van der Waals surface area contributed by atoms with Crippen LogP contribution in [0.15, 0.2) is 10.3 Å². The van der Waals surface area contributed by atoms with Crippen molar-refractivity contribution in [2.24, 2.45) is 10.3 Å². The fourth-order valence-corrected chi connectivity index (χ4v) is 0.832. The van der Waals surface area contributed by atoms with Crippen LogP contribution >= 0.6 is 0 Å². The predicted octanol–water partition coefficient (Wildman–Crippen LogP) is 0.192. The van der Waals surface area contributed by atoms with E-state index >= 15 is 0 Å². The summed E-state index contributed by atoms with van der Waals surface area (Å²) in [4.78, 5) is 0. The van der Waals surface area contributed by atoms with Crippen molar-refractivity contribution in [2.45, 2.75) is 24.9 Å². The second-order valence-electron chi connectivity index (χ2n) is 2.74. The van der Waals surface area contributed by atoms with Crippen molar-refractivity contribution in [1.29, 1.82) is 0 Å². The zero-order valence-electron chi connectivity index (χ0n) is 5.93. The van der Waals surface area contributed by atoms with E-state index in [-0.39, 0.29) is 12.1 Å². The van der Waals surface area contributed by atoms with Crippen molar-refractivity contribution in [3.8, 4) is 0 Å². The molecule has 5 heteroatoms. The third-order valence-electron chi connectivity index (χ3n) is 1.67. The standard InChI is InChI=1S/C6H10N2O3/c9-6(1-2-6)3-5(8-11)4-7-10/h4,9-11H,1-3H2. The molecule has 0 spiro atoms. The highest BCUT2D eigenvalue weighted by Crippen LogP contribution is 2.38. The molecular formula is C6H10N2O3. The van der Waals surface area contributed by atoms with Crippen LogP contribution in [0.5, 0.6) is 0 Å². The summed E-state index contributed by atoms with van der Waals surface area (Å²) in [5.41, 5.74) is -0.532. The molecule has 0 heterocycles. The van der Waals surface area contributed by atoms with Crippen molar-refractivity contribution in [2.75, 3.05) is 0 Å². The highest BCUT2D eigenvalue weighted by Gasteiger charge is 2.41. The minimum absolute atomic E-state index is 0.188. The summed E-state index contributed by atoms with van der Waals surface area (Å²) in [5, 5.41) is 31.3. The van der Waals surface area contributed by atoms with E-state index in [9.17, 15) is 5.11 Å². The fourth-order valence-electron chi connectivity index (χ4n) is 0.832. The molecule has 0 bridgehead atoms. The van der Waals surface area contributed by atoms with Crippen molar-refractivity contribution in [1.82, 2.24) is 0 Å². The first-order chi connectivity index (χ1) is 5.20. The van der Waals surface area contributed by atoms with Gasteiger partial charge in [-0.2, -0.15) is 0 Å². The average Bonchev–Trinajstić information content (AvgIpc) is 2.68. The van der Waals surface area contributed by atoms with Crippen LogP contribution in [0.4, 0.5) is 0 Å². The molecule has 0 atom stereocenters. The Morgan fingerprint density at radius 1 is 1.45 bits per heavy atom.